The van der Waals surface area contributed by atoms with Crippen LogP contribution in [0.1, 0.15) is 43.2 Å². The van der Waals surface area contributed by atoms with E-state index in [-0.39, 0.29) is 5.41 Å². The molecule has 0 amide bonds. The van der Waals surface area contributed by atoms with E-state index in [0.29, 0.717) is 6.54 Å². The smallest absolute Gasteiger partial charge is 0.119 e. The van der Waals surface area contributed by atoms with Gasteiger partial charge in [0.1, 0.15) is 5.75 Å². The Labute approximate surface area is 114 Å². The topological polar surface area (TPSA) is 55.5 Å². The summed E-state index contributed by atoms with van der Waals surface area (Å²) in [4.78, 5) is 0. The Kier molecular flexibility index (Phi) is 3.06. The lowest BCUT2D eigenvalue weighted by Gasteiger charge is -2.55. The van der Waals surface area contributed by atoms with Crippen LogP contribution < -0.4 is 10.5 Å². The molecule has 2 aliphatic rings. The summed E-state index contributed by atoms with van der Waals surface area (Å²) < 4.78 is 5.26. The highest BCUT2D eigenvalue weighted by atomic mass is 16.5. The molecule has 2 aliphatic carbocycles. The molecule has 0 saturated heterocycles. The highest BCUT2D eigenvalue weighted by Gasteiger charge is 2.56. The number of aliphatic hydroxyl groups is 1. The molecule has 3 N–H and O–H groups in total. The second-order valence-electron chi connectivity index (χ2n) is 6.08. The van der Waals surface area contributed by atoms with Gasteiger partial charge in [0.25, 0.3) is 0 Å². The molecule has 0 heterocycles. The molecule has 0 aromatic heterocycles. The average Bonchev–Trinajstić information content (AvgIpc) is 2.41. The lowest BCUT2D eigenvalue weighted by molar-refractivity contribution is -0.0756. The predicted molar refractivity (Wildman–Crippen MR) is 75.5 cm³/mol. The fraction of sp³-hybridized carbons (Fsp3) is 0.625. The molecule has 1 aromatic carbocycles. The monoisotopic (exact) mass is 261 g/mol. The molecule has 1 unspecified atom stereocenters. The molecule has 0 aliphatic heterocycles. The van der Waals surface area contributed by atoms with Crippen molar-refractivity contribution in [2.75, 3.05) is 13.7 Å². The third kappa shape index (κ3) is 1.72. The zero-order chi connectivity index (χ0) is 13.5. The minimum absolute atomic E-state index is 0.227. The van der Waals surface area contributed by atoms with Crippen molar-refractivity contribution >= 4 is 0 Å². The Balaban J connectivity index is 1.97. The van der Waals surface area contributed by atoms with Gasteiger partial charge in [-0.1, -0.05) is 25.3 Å². The lowest BCUT2D eigenvalue weighted by Crippen LogP contribution is -2.62. The summed E-state index contributed by atoms with van der Waals surface area (Å²) in [6, 6.07) is 6.15. The maximum Gasteiger partial charge on any atom is 0.119 e. The highest BCUT2D eigenvalue weighted by molar-refractivity contribution is 5.52. The number of methoxy groups -OCH3 is 1. The van der Waals surface area contributed by atoms with Crippen LogP contribution in [0.2, 0.25) is 0 Å². The summed E-state index contributed by atoms with van der Waals surface area (Å²) in [7, 11) is 1.69. The van der Waals surface area contributed by atoms with E-state index < -0.39 is 5.60 Å². The second-order valence-corrected chi connectivity index (χ2v) is 6.08. The van der Waals surface area contributed by atoms with Gasteiger partial charge in [-0.25, -0.2) is 0 Å². The molecule has 0 radical (unpaired) electrons. The van der Waals surface area contributed by atoms with Crippen LogP contribution in [0.4, 0.5) is 0 Å². The van der Waals surface area contributed by atoms with Crippen LogP contribution in [0.15, 0.2) is 18.2 Å². The molecular weight excluding hydrogens is 238 g/mol. The SMILES string of the molecule is COc1ccc2c(c1)CC2(CN)C1(O)CCCCC1. The molecule has 0 bridgehead atoms. The molecule has 1 fully saturated rings. The second kappa shape index (κ2) is 4.50. The first kappa shape index (κ1) is 12.9. The molecule has 1 atom stereocenters. The van der Waals surface area contributed by atoms with Crippen molar-refractivity contribution in [3.8, 4) is 5.75 Å². The fourth-order valence-corrected chi connectivity index (χ4v) is 4.03. The van der Waals surface area contributed by atoms with Gasteiger partial charge in [-0.05, 0) is 42.5 Å². The van der Waals surface area contributed by atoms with Gasteiger partial charge >= 0.3 is 0 Å². The zero-order valence-electron chi connectivity index (χ0n) is 11.6. The number of hydrogen-bond donors (Lipinski definition) is 2. The minimum atomic E-state index is -0.610. The molecule has 1 saturated carbocycles. The summed E-state index contributed by atoms with van der Waals surface area (Å²) >= 11 is 0. The summed E-state index contributed by atoms with van der Waals surface area (Å²) in [5.74, 6) is 0.889. The van der Waals surface area contributed by atoms with Crippen molar-refractivity contribution in [2.45, 2.75) is 49.5 Å². The van der Waals surface area contributed by atoms with Gasteiger partial charge in [0.05, 0.1) is 12.7 Å². The van der Waals surface area contributed by atoms with Crippen LogP contribution in [0.25, 0.3) is 0 Å². The van der Waals surface area contributed by atoms with E-state index in [0.717, 1.165) is 37.9 Å². The third-order valence-electron chi connectivity index (χ3n) is 5.24. The zero-order valence-corrected chi connectivity index (χ0v) is 11.6. The molecule has 19 heavy (non-hydrogen) atoms. The number of nitrogens with two attached hydrogens (primary N) is 1. The summed E-state index contributed by atoms with van der Waals surface area (Å²) in [6.07, 6.45) is 6.11. The van der Waals surface area contributed by atoms with E-state index in [4.69, 9.17) is 10.5 Å². The number of hydrogen-bond acceptors (Lipinski definition) is 3. The number of benzene rings is 1. The number of fused-ring (bicyclic) bond motifs is 1. The van der Waals surface area contributed by atoms with Gasteiger partial charge in [0.2, 0.25) is 0 Å². The van der Waals surface area contributed by atoms with Gasteiger partial charge in [-0.3, -0.25) is 0 Å². The minimum Gasteiger partial charge on any atom is -0.497 e. The van der Waals surface area contributed by atoms with Crippen LogP contribution in [0.5, 0.6) is 5.75 Å². The van der Waals surface area contributed by atoms with Crippen LogP contribution in [0, 0.1) is 0 Å². The number of rotatable bonds is 3. The Hall–Kier alpha value is -1.06. The van der Waals surface area contributed by atoms with E-state index >= 15 is 0 Å². The van der Waals surface area contributed by atoms with Crippen LogP contribution >= 0.6 is 0 Å². The highest BCUT2D eigenvalue weighted by Crippen LogP contribution is 2.53. The first-order chi connectivity index (χ1) is 9.15. The van der Waals surface area contributed by atoms with Crippen molar-refractivity contribution in [3.05, 3.63) is 29.3 Å². The maximum atomic E-state index is 11.1. The van der Waals surface area contributed by atoms with Gasteiger partial charge in [-0.15, -0.1) is 0 Å². The van der Waals surface area contributed by atoms with Gasteiger partial charge < -0.3 is 15.6 Å². The van der Waals surface area contributed by atoms with Crippen LogP contribution in [0.3, 0.4) is 0 Å². The van der Waals surface area contributed by atoms with Crippen LogP contribution in [-0.2, 0) is 11.8 Å². The Morgan fingerprint density at radius 3 is 2.58 bits per heavy atom. The van der Waals surface area contributed by atoms with Crippen molar-refractivity contribution in [2.24, 2.45) is 5.73 Å². The Morgan fingerprint density at radius 1 is 1.26 bits per heavy atom. The quantitative estimate of drug-likeness (QED) is 0.876. The molecule has 1 aromatic rings. The number of ether oxygens (including phenoxy) is 1. The lowest BCUT2D eigenvalue weighted by atomic mass is 9.52. The Morgan fingerprint density at radius 2 is 2.00 bits per heavy atom. The predicted octanol–water partition coefficient (Wildman–Crippen LogP) is 2.14. The Bertz CT molecular complexity index is 480. The molecule has 0 spiro atoms. The van der Waals surface area contributed by atoms with Gasteiger partial charge in [-0.2, -0.15) is 0 Å². The van der Waals surface area contributed by atoms with E-state index in [1.807, 2.05) is 6.07 Å². The molecule has 3 nitrogen and oxygen atoms in total. The third-order valence-corrected chi connectivity index (χ3v) is 5.24. The molecule has 3 heteroatoms. The molecule has 3 rings (SSSR count). The van der Waals surface area contributed by atoms with Crippen molar-refractivity contribution in [1.29, 1.82) is 0 Å². The van der Waals surface area contributed by atoms with Crippen molar-refractivity contribution in [3.63, 3.8) is 0 Å². The van der Waals surface area contributed by atoms with Crippen molar-refractivity contribution < 1.29 is 9.84 Å². The summed E-state index contributed by atoms with van der Waals surface area (Å²) in [5.41, 5.74) is 7.76. The van der Waals surface area contributed by atoms with E-state index in [9.17, 15) is 5.11 Å². The van der Waals surface area contributed by atoms with E-state index in [1.54, 1.807) is 7.11 Å². The molecular formula is C16H23NO2. The summed E-state index contributed by atoms with van der Waals surface area (Å²) in [6.45, 7) is 0.531. The largest absolute Gasteiger partial charge is 0.497 e. The molecule has 104 valence electrons. The first-order valence-electron chi connectivity index (χ1n) is 7.25. The maximum absolute atomic E-state index is 11.1. The van der Waals surface area contributed by atoms with Crippen LogP contribution in [-0.4, -0.2) is 24.4 Å². The average molecular weight is 261 g/mol. The first-order valence-corrected chi connectivity index (χ1v) is 7.25. The fourth-order valence-electron chi connectivity index (χ4n) is 4.03. The standard InChI is InChI=1S/C16H23NO2/c1-19-13-5-6-14-12(9-13)10-15(14,11-17)16(18)7-3-2-4-8-16/h5-6,9,18H,2-4,7-8,10-11,17H2,1H3. The van der Waals surface area contributed by atoms with Gasteiger partial charge in [0, 0.05) is 12.0 Å². The van der Waals surface area contributed by atoms with Gasteiger partial charge in [0.15, 0.2) is 0 Å². The normalized spacial score (nSPS) is 28.4. The van der Waals surface area contributed by atoms with Crippen molar-refractivity contribution in [1.82, 2.24) is 0 Å². The van der Waals surface area contributed by atoms with E-state index in [1.165, 1.54) is 17.5 Å². The summed E-state index contributed by atoms with van der Waals surface area (Å²) in [5, 5.41) is 11.1. The van der Waals surface area contributed by atoms with E-state index in [2.05, 4.69) is 12.1 Å².